The van der Waals surface area contributed by atoms with Gasteiger partial charge in [0.2, 0.25) is 11.8 Å². The van der Waals surface area contributed by atoms with Gasteiger partial charge in [-0.2, -0.15) is 0 Å². The van der Waals surface area contributed by atoms with E-state index in [0.29, 0.717) is 30.2 Å². The van der Waals surface area contributed by atoms with Crippen LogP contribution in [0.2, 0.25) is 0 Å². The third-order valence-electron chi connectivity index (χ3n) is 5.67. The largest absolute Gasteiger partial charge is 0.484 e. The SMILES string of the molecule is O=C(COc1ccc(N2C[C@H](C(=O)NC[C@@H]3CCCO3)CC2=O)cc1)Nc1ccc(Br)cc1. The fraction of sp³-hybridized carbons (Fsp3) is 0.375. The average molecular weight is 516 g/mol. The van der Waals surface area contributed by atoms with Gasteiger partial charge >= 0.3 is 0 Å². The predicted molar refractivity (Wildman–Crippen MR) is 127 cm³/mol. The molecule has 2 atom stereocenters. The Morgan fingerprint density at radius 2 is 1.88 bits per heavy atom. The van der Waals surface area contributed by atoms with E-state index >= 15 is 0 Å². The molecule has 0 spiro atoms. The van der Waals surface area contributed by atoms with E-state index in [-0.39, 0.29) is 42.8 Å². The normalized spacial score (nSPS) is 20.0. The molecule has 2 fully saturated rings. The van der Waals surface area contributed by atoms with E-state index in [1.165, 1.54) is 0 Å². The number of nitrogens with zero attached hydrogens (tertiary/aromatic N) is 1. The monoisotopic (exact) mass is 515 g/mol. The van der Waals surface area contributed by atoms with E-state index < -0.39 is 0 Å². The minimum atomic E-state index is -0.378. The minimum absolute atomic E-state index is 0.0756. The number of benzene rings is 2. The average Bonchev–Trinajstić information content (AvgIpc) is 3.48. The summed E-state index contributed by atoms with van der Waals surface area (Å²) in [4.78, 5) is 38.6. The maximum atomic E-state index is 12.5. The van der Waals surface area contributed by atoms with Gasteiger partial charge in [-0.25, -0.2) is 0 Å². The number of halogens is 1. The van der Waals surface area contributed by atoms with Crippen LogP contribution in [0.15, 0.2) is 53.0 Å². The highest BCUT2D eigenvalue weighted by Gasteiger charge is 2.35. The van der Waals surface area contributed by atoms with Gasteiger partial charge in [-0.1, -0.05) is 15.9 Å². The summed E-state index contributed by atoms with van der Waals surface area (Å²) in [6.07, 6.45) is 2.24. The lowest BCUT2D eigenvalue weighted by Gasteiger charge is -2.18. The Morgan fingerprint density at radius 1 is 1.12 bits per heavy atom. The van der Waals surface area contributed by atoms with Crippen LogP contribution in [-0.2, 0) is 19.1 Å². The van der Waals surface area contributed by atoms with Crippen LogP contribution >= 0.6 is 15.9 Å². The second-order valence-corrected chi connectivity index (χ2v) is 9.04. The summed E-state index contributed by atoms with van der Waals surface area (Å²) < 4.78 is 12.0. The maximum Gasteiger partial charge on any atom is 0.262 e. The molecule has 4 rings (SSSR count). The van der Waals surface area contributed by atoms with Crippen molar-refractivity contribution >= 4 is 45.0 Å². The predicted octanol–water partition coefficient (Wildman–Crippen LogP) is 3.11. The van der Waals surface area contributed by atoms with Gasteiger partial charge in [0, 0.05) is 42.0 Å². The smallest absolute Gasteiger partial charge is 0.262 e. The summed E-state index contributed by atoms with van der Waals surface area (Å²) >= 11 is 3.35. The van der Waals surface area contributed by atoms with Gasteiger partial charge in [-0.05, 0) is 61.4 Å². The summed E-state index contributed by atoms with van der Waals surface area (Å²) in [5, 5.41) is 5.67. The fourth-order valence-electron chi connectivity index (χ4n) is 3.90. The Bertz CT molecular complexity index is 990. The molecule has 0 aromatic heterocycles. The van der Waals surface area contributed by atoms with Gasteiger partial charge in [0.05, 0.1) is 12.0 Å². The fourth-order valence-corrected chi connectivity index (χ4v) is 4.16. The van der Waals surface area contributed by atoms with Crippen LogP contribution in [0.25, 0.3) is 0 Å². The first kappa shape index (κ1) is 23.3. The van der Waals surface area contributed by atoms with Crippen molar-refractivity contribution in [3.63, 3.8) is 0 Å². The van der Waals surface area contributed by atoms with Gasteiger partial charge in [0.1, 0.15) is 5.75 Å². The molecule has 0 unspecified atom stereocenters. The Kier molecular flexibility index (Phi) is 7.61. The van der Waals surface area contributed by atoms with E-state index in [0.717, 1.165) is 23.9 Å². The number of ether oxygens (including phenoxy) is 2. The topological polar surface area (TPSA) is 97.0 Å². The molecule has 2 heterocycles. The van der Waals surface area contributed by atoms with Crippen molar-refractivity contribution in [2.45, 2.75) is 25.4 Å². The molecule has 2 aromatic rings. The summed E-state index contributed by atoms with van der Waals surface area (Å²) in [5.74, 6) is -0.333. The number of carbonyl (C=O) groups excluding carboxylic acids is 3. The highest BCUT2D eigenvalue weighted by atomic mass is 79.9. The molecule has 0 radical (unpaired) electrons. The molecule has 2 N–H and O–H groups in total. The standard InChI is InChI=1S/C24H26BrN3O5/c25-17-3-5-18(6-4-17)27-22(29)15-33-20-9-7-19(8-10-20)28-14-16(12-23(28)30)24(31)26-13-21-2-1-11-32-21/h3-10,16,21H,1-2,11-15H2,(H,26,31)(H,27,29)/t16-,21+/m1/s1. The first-order valence-corrected chi connectivity index (χ1v) is 11.8. The lowest BCUT2D eigenvalue weighted by atomic mass is 10.1. The van der Waals surface area contributed by atoms with E-state index in [1.54, 1.807) is 41.3 Å². The molecule has 33 heavy (non-hydrogen) atoms. The molecule has 9 heteroatoms. The van der Waals surface area contributed by atoms with Crippen LogP contribution in [0.5, 0.6) is 5.75 Å². The van der Waals surface area contributed by atoms with Crippen molar-refractivity contribution in [1.29, 1.82) is 0 Å². The zero-order valence-corrected chi connectivity index (χ0v) is 19.7. The van der Waals surface area contributed by atoms with Crippen molar-refractivity contribution in [1.82, 2.24) is 5.32 Å². The Labute approximate surface area is 200 Å². The van der Waals surface area contributed by atoms with E-state index in [1.807, 2.05) is 12.1 Å². The number of amides is 3. The highest BCUT2D eigenvalue weighted by molar-refractivity contribution is 9.10. The summed E-state index contributed by atoms with van der Waals surface area (Å²) in [5.41, 5.74) is 1.38. The number of hydrogen-bond acceptors (Lipinski definition) is 5. The van der Waals surface area contributed by atoms with Crippen molar-refractivity contribution in [3.8, 4) is 5.75 Å². The minimum Gasteiger partial charge on any atom is -0.484 e. The number of hydrogen-bond donors (Lipinski definition) is 2. The van der Waals surface area contributed by atoms with Crippen LogP contribution in [0.4, 0.5) is 11.4 Å². The van der Waals surface area contributed by atoms with Crippen LogP contribution < -0.4 is 20.3 Å². The van der Waals surface area contributed by atoms with Crippen molar-refractivity contribution in [3.05, 3.63) is 53.0 Å². The van der Waals surface area contributed by atoms with E-state index in [2.05, 4.69) is 26.6 Å². The van der Waals surface area contributed by atoms with Gasteiger partial charge in [0.15, 0.2) is 6.61 Å². The molecule has 2 saturated heterocycles. The van der Waals surface area contributed by atoms with Crippen LogP contribution in [0.1, 0.15) is 19.3 Å². The van der Waals surface area contributed by atoms with Gasteiger partial charge in [0.25, 0.3) is 5.91 Å². The zero-order chi connectivity index (χ0) is 23.2. The number of nitrogens with one attached hydrogen (secondary N) is 2. The third-order valence-corrected chi connectivity index (χ3v) is 6.20. The van der Waals surface area contributed by atoms with Crippen LogP contribution in [0.3, 0.4) is 0 Å². The van der Waals surface area contributed by atoms with Crippen LogP contribution in [0, 0.1) is 5.92 Å². The molecule has 8 nitrogen and oxygen atoms in total. The molecule has 174 valence electrons. The molecule has 0 bridgehead atoms. The van der Waals surface area contributed by atoms with E-state index in [9.17, 15) is 14.4 Å². The second-order valence-electron chi connectivity index (χ2n) is 8.12. The molecule has 2 aromatic carbocycles. The van der Waals surface area contributed by atoms with Crippen molar-refractivity contribution in [2.24, 2.45) is 5.92 Å². The first-order valence-electron chi connectivity index (χ1n) is 11.0. The summed E-state index contributed by atoms with van der Waals surface area (Å²) in [6, 6.07) is 14.2. The van der Waals surface area contributed by atoms with Gasteiger partial charge in [-0.3, -0.25) is 14.4 Å². The molecule has 3 amide bonds. The van der Waals surface area contributed by atoms with Crippen molar-refractivity contribution in [2.75, 3.05) is 36.5 Å². The van der Waals surface area contributed by atoms with Gasteiger partial charge in [-0.15, -0.1) is 0 Å². The van der Waals surface area contributed by atoms with Crippen molar-refractivity contribution < 1.29 is 23.9 Å². The Morgan fingerprint density at radius 3 is 2.58 bits per heavy atom. The van der Waals surface area contributed by atoms with E-state index in [4.69, 9.17) is 9.47 Å². The van der Waals surface area contributed by atoms with Gasteiger partial charge < -0.3 is 25.0 Å². The molecular formula is C24H26BrN3O5. The number of anilines is 2. The second kappa shape index (κ2) is 10.8. The van der Waals surface area contributed by atoms with Crippen LogP contribution in [-0.4, -0.2) is 50.1 Å². The quantitative estimate of drug-likeness (QED) is 0.562. The highest BCUT2D eigenvalue weighted by Crippen LogP contribution is 2.27. The molecule has 2 aliphatic rings. The Hall–Kier alpha value is -2.91. The lowest BCUT2D eigenvalue weighted by Crippen LogP contribution is -2.37. The summed E-state index contributed by atoms with van der Waals surface area (Å²) in [7, 11) is 0. The maximum absolute atomic E-state index is 12.5. The molecule has 0 aliphatic carbocycles. The first-order chi connectivity index (χ1) is 16.0. The lowest BCUT2D eigenvalue weighted by molar-refractivity contribution is -0.126. The molecule has 0 saturated carbocycles. The number of carbonyl (C=O) groups is 3. The molecule has 2 aliphatic heterocycles. The third kappa shape index (κ3) is 6.33. The Balaban J connectivity index is 1.25. The zero-order valence-electron chi connectivity index (χ0n) is 18.1. The number of rotatable bonds is 8. The summed E-state index contributed by atoms with van der Waals surface area (Å²) in [6.45, 7) is 1.44. The molecular weight excluding hydrogens is 490 g/mol.